The van der Waals surface area contributed by atoms with E-state index in [1.165, 1.54) is 7.11 Å². The third-order valence-corrected chi connectivity index (χ3v) is 2.61. The van der Waals surface area contributed by atoms with Gasteiger partial charge < -0.3 is 29.2 Å². The molecule has 6 nitrogen and oxygen atoms in total. The Morgan fingerprint density at radius 2 is 1.95 bits per heavy atom. The van der Waals surface area contributed by atoms with E-state index in [9.17, 15) is 10.2 Å². The lowest BCUT2D eigenvalue weighted by Gasteiger charge is -2.16. The van der Waals surface area contributed by atoms with Crippen LogP contribution in [0.1, 0.15) is 5.56 Å². The molecule has 1 rings (SSSR count). The summed E-state index contributed by atoms with van der Waals surface area (Å²) in [4.78, 5) is 0. The largest absolute Gasteiger partial charge is 0.493 e. The summed E-state index contributed by atoms with van der Waals surface area (Å²) in [6.45, 7) is 0.957. The zero-order chi connectivity index (χ0) is 14.8. The summed E-state index contributed by atoms with van der Waals surface area (Å²) in [5.74, 6) is 0.956. The fourth-order valence-electron chi connectivity index (χ4n) is 1.60. The van der Waals surface area contributed by atoms with Gasteiger partial charge in [0, 0.05) is 12.7 Å². The van der Waals surface area contributed by atoms with Crippen LogP contribution in [-0.4, -0.2) is 57.0 Å². The summed E-state index contributed by atoms with van der Waals surface area (Å²) in [5, 5.41) is 19.0. The average molecular weight is 286 g/mol. The summed E-state index contributed by atoms with van der Waals surface area (Å²) in [6.07, 6.45) is -0.761. The van der Waals surface area contributed by atoms with Gasteiger partial charge in [0.15, 0.2) is 11.5 Å². The summed E-state index contributed by atoms with van der Waals surface area (Å²) >= 11 is 0. The van der Waals surface area contributed by atoms with Crippen LogP contribution in [0, 0.1) is 0 Å². The van der Waals surface area contributed by atoms with Gasteiger partial charge in [0.1, 0.15) is 12.7 Å². The summed E-state index contributed by atoms with van der Waals surface area (Å²) < 4.78 is 20.7. The van der Waals surface area contributed by atoms with Gasteiger partial charge in [-0.15, -0.1) is 0 Å². The van der Waals surface area contributed by atoms with Gasteiger partial charge in [-0.2, -0.15) is 0 Å². The second-order valence-corrected chi connectivity index (χ2v) is 4.14. The van der Waals surface area contributed by atoms with Crippen molar-refractivity contribution in [3.05, 3.63) is 23.8 Å². The second kappa shape index (κ2) is 9.55. The normalized spacial score (nSPS) is 12.2. The van der Waals surface area contributed by atoms with Crippen LogP contribution in [0.5, 0.6) is 11.5 Å². The van der Waals surface area contributed by atoms with Gasteiger partial charge in [-0.3, -0.25) is 0 Å². The highest BCUT2D eigenvalue weighted by Gasteiger charge is 2.12. The molecule has 0 bridgehead atoms. The molecule has 2 N–H and O–H groups in total. The first-order valence-electron chi connectivity index (χ1n) is 6.37. The Hall–Kier alpha value is -1.34. The Kier molecular flexibility index (Phi) is 7.98. The molecule has 0 fully saturated rings. The van der Waals surface area contributed by atoms with Crippen molar-refractivity contribution in [2.75, 3.05) is 40.6 Å². The first-order chi connectivity index (χ1) is 9.72. The number of ether oxygens (including phenoxy) is 4. The minimum Gasteiger partial charge on any atom is -0.493 e. The lowest BCUT2D eigenvalue weighted by atomic mass is 10.2. The average Bonchev–Trinajstić information content (AvgIpc) is 2.49. The zero-order valence-corrected chi connectivity index (χ0v) is 11.9. The molecule has 1 unspecified atom stereocenters. The van der Waals surface area contributed by atoms with Gasteiger partial charge in [-0.05, 0) is 6.07 Å². The van der Waals surface area contributed by atoms with Crippen molar-refractivity contribution in [2.45, 2.75) is 12.7 Å². The Morgan fingerprint density at radius 3 is 2.60 bits per heavy atom. The zero-order valence-electron chi connectivity index (χ0n) is 11.9. The number of hydrogen-bond donors (Lipinski definition) is 2. The van der Waals surface area contributed by atoms with Gasteiger partial charge in [0.05, 0.1) is 33.5 Å². The van der Waals surface area contributed by atoms with Crippen molar-refractivity contribution in [3.8, 4) is 11.5 Å². The number of benzene rings is 1. The van der Waals surface area contributed by atoms with Crippen molar-refractivity contribution in [3.63, 3.8) is 0 Å². The predicted octanol–water partition coefficient (Wildman–Crippen LogP) is 0.590. The molecule has 6 heteroatoms. The molecule has 1 aromatic carbocycles. The van der Waals surface area contributed by atoms with Gasteiger partial charge >= 0.3 is 0 Å². The molecule has 0 spiro atoms. The van der Waals surface area contributed by atoms with Gasteiger partial charge in [-0.1, -0.05) is 12.1 Å². The fourth-order valence-corrected chi connectivity index (χ4v) is 1.60. The van der Waals surface area contributed by atoms with Gasteiger partial charge in [-0.25, -0.2) is 0 Å². The van der Waals surface area contributed by atoms with E-state index in [0.717, 1.165) is 0 Å². The first-order valence-corrected chi connectivity index (χ1v) is 6.37. The van der Waals surface area contributed by atoms with E-state index in [2.05, 4.69) is 0 Å². The second-order valence-electron chi connectivity index (χ2n) is 4.14. The van der Waals surface area contributed by atoms with Crippen LogP contribution in [0.3, 0.4) is 0 Å². The van der Waals surface area contributed by atoms with Crippen molar-refractivity contribution >= 4 is 0 Å². The molecule has 1 aromatic rings. The predicted molar refractivity (Wildman–Crippen MR) is 73.1 cm³/mol. The lowest BCUT2D eigenvalue weighted by molar-refractivity contribution is -0.00477. The van der Waals surface area contributed by atoms with Crippen LogP contribution in [0.2, 0.25) is 0 Å². The molecule has 0 aliphatic heterocycles. The Bertz CT molecular complexity index is 360. The van der Waals surface area contributed by atoms with Crippen LogP contribution >= 0.6 is 0 Å². The highest BCUT2D eigenvalue weighted by Crippen LogP contribution is 2.31. The number of para-hydroxylation sites is 1. The number of rotatable bonds is 10. The molecule has 0 aliphatic rings. The maximum atomic E-state index is 9.74. The molecule has 0 aliphatic carbocycles. The van der Waals surface area contributed by atoms with E-state index in [0.29, 0.717) is 30.3 Å². The molecule has 20 heavy (non-hydrogen) atoms. The van der Waals surface area contributed by atoms with Crippen LogP contribution < -0.4 is 9.47 Å². The Morgan fingerprint density at radius 1 is 1.15 bits per heavy atom. The highest BCUT2D eigenvalue weighted by atomic mass is 16.5. The van der Waals surface area contributed by atoms with Crippen molar-refractivity contribution < 1.29 is 29.2 Å². The number of methoxy groups -OCH3 is 2. The Labute approximate surface area is 118 Å². The number of aliphatic hydroxyl groups is 2. The third kappa shape index (κ3) is 5.34. The molecule has 0 saturated heterocycles. The van der Waals surface area contributed by atoms with Gasteiger partial charge in [0.25, 0.3) is 0 Å². The van der Waals surface area contributed by atoms with Crippen molar-refractivity contribution in [2.24, 2.45) is 0 Å². The van der Waals surface area contributed by atoms with E-state index in [-0.39, 0.29) is 19.8 Å². The SMILES string of the molecule is COCCOCC(O)COc1c(CO)cccc1OC. The highest BCUT2D eigenvalue weighted by molar-refractivity contribution is 5.46. The van der Waals surface area contributed by atoms with Gasteiger partial charge in [0.2, 0.25) is 0 Å². The molecule has 0 saturated carbocycles. The standard InChI is InChI=1S/C14H22O6/c1-17-6-7-19-9-12(16)10-20-14-11(8-15)4-3-5-13(14)18-2/h3-5,12,15-16H,6-10H2,1-2H3. The Balaban J connectivity index is 2.47. The summed E-state index contributed by atoms with van der Waals surface area (Å²) in [7, 11) is 3.11. The minimum atomic E-state index is -0.761. The molecular weight excluding hydrogens is 264 g/mol. The number of hydrogen-bond acceptors (Lipinski definition) is 6. The van der Waals surface area contributed by atoms with Crippen LogP contribution in [0.15, 0.2) is 18.2 Å². The monoisotopic (exact) mass is 286 g/mol. The van der Waals surface area contributed by atoms with Crippen LogP contribution in [0.4, 0.5) is 0 Å². The quantitative estimate of drug-likeness (QED) is 0.613. The molecule has 0 heterocycles. The van der Waals surface area contributed by atoms with E-state index in [1.807, 2.05) is 0 Å². The molecule has 0 amide bonds. The topological polar surface area (TPSA) is 77.4 Å². The van der Waals surface area contributed by atoms with Crippen molar-refractivity contribution in [1.82, 2.24) is 0 Å². The summed E-state index contributed by atoms with van der Waals surface area (Å²) in [6, 6.07) is 5.23. The van der Waals surface area contributed by atoms with Crippen LogP contribution in [-0.2, 0) is 16.1 Å². The molecular formula is C14H22O6. The maximum absolute atomic E-state index is 9.74. The van der Waals surface area contributed by atoms with E-state index < -0.39 is 6.10 Å². The molecule has 1 atom stereocenters. The number of aliphatic hydroxyl groups excluding tert-OH is 2. The van der Waals surface area contributed by atoms with Crippen LogP contribution in [0.25, 0.3) is 0 Å². The molecule has 0 aromatic heterocycles. The smallest absolute Gasteiger partial charge is 0.166 e. The van der Waals surface area contributed by atoms with E-state index >= 15 is 0 Å². The minimum absolute atomic E-state index is 0.0559. The molecule has 114 valence electrons. The van der Waals surface area contributed by atoms with E-state index in [4.69, 9.17) is 18.9 Å². The van der Waals surface area contributed by atoms with E-state index in [1.54, 1.807) is 25.3 Å². The van der Waals surface area contributed by atoms with Crippen molar-refractivity contribution in [1.29, 1.82) is 0 Å². The molecule has 0 radical (unpaired) electrons. The maximum Gasteiger partial charge on any atom is 0.166 e. The fraction of sp³-hybridized carbons (Fsp3) is 0.571. The first kappa shape index (κ1) is 16.7. The third-order valence-electron chi connectivity index (χ3n) is 2.61. The summed E-state index contributed by atoms with van der Waals surface area (Å²) in [5.41, 5.74) is 0.608. The lowest BCUT2D eigenvalue weighted by Crippen LogP contribution is -2.24.